The van der Waals surface area contributed by atoms with Crippen LogP contribution in [0.15, 0.2) is 30.6 Å². The molecule has 0 bridgehead atoms. The summed E-state index contributed by atoms with van der Waals surface area (Å²) in [6.07, 6.45) is 4.28. The largest absolute Gasteiger partial charge is 0.509 e. The van der Waals surface area contributed by atoms with E-state index < -0.39 is 12.4 Å². The Labute approximate surface area is 115 Å². The SMILES string of the molecule is Cc1cc(OCCc2cnn(C)c2)ccc1[B-](F)(F)F. The average Bonchev–Trinajstić information content (AvgIpc) is 2.73. The maximum atomic E-state index is 12.7. The molecule has 2 rings (SSSR count). The number of nitrogens with zero attached hydrogens (tertiary/aromatic N) is 2. The van der Waals surface area contributed by atoms with Gasteiger partial charge >= 0.3 is 6.98 Å². The molecule has 0 amide bonds. The van der Waals surface area contributed by atoms with Gasteiger partial charge < -0.3 is 17.7 Å². The molecular weight excluding hydrogens is 268 g/mol. The van der Waals surface area contributed by atoms with Crippen LogP contribution in [0.25, 0.3) is 0 Å². The minimum Gasteiger partial charge on any atom is -0.493 e. The molecule has 7 heteroatoms. The van der Waals surface area contributed by atoms with E-state index in [4.69, 9.17) is 4.74 Å². The average molecular weight is 283 g/mol. The van der Waals surface area contributed by atoms with Crippen LogP contribution in [0.3, 0.4) is 0 Å². The topological polar surface area (TPSA) is 27.1 Å². The van der Waals surface area contributed by atoms with E-state index in [1.165, 1.54) is 19.1 Å². The second-order valence-corrected chi connectivity index (χ2v) is 4.71. The molecular formula is C13H15BF3N2O-. The maximum absolute atomic E-state index is 12.7. The van der Waals surface area contributed by atoms with Crippen LogP contribution in [0.2, 0.25) is 0 Å². The van der Waals surface area contributed by atoms with Crippen molar-refractivity contribution in [1.82, 2.24) is 9.78 Å². The molecule has 1 heterocycles. The maximum Gasteiger partial charge on any atom is 0.509 e. The summed E-state index contributed by atoms with van der Waals surface area (Å²) < 4.78 is 45.2. The van der Waals surface area contributed by atoms with Crippen molar-refractivity contribution in [3.05, 3.63) is 41.7 Å². The number of ether oxygens (including phenoxy) is 1. The van der Waals surface area contributed by atoms with Crippen molar-refractivity contribution in [1.29, 1.82) is 0 Å². The van der Waals surface area contributed by atoms with Crippen LogP contribution in [0, 0.1) is 6.92 Å². The summed E-state index contributed by atoms with van der Waals surface area (Å²) in [7, 11) is 1.82. The molecule has 108 valence electrons. The summed E-state index contributed by atoms with van der Waals surface area (Å²) in [6.45, 7) is -3.12. The summed E-state index contributed by atoms with van der Waals surface area (Å²) >= 11 is 0. The predicted molar refractivity (Wildman–Crippen MR) is 72.3 cm³/mol. The first-order chi connectivity index (χ1) is 9.36. The van der Waals surface area contributed by atoms with Gasteiger partial charge in [-0.15, -0.1) is 5.46 Å². The van der Waals surface area contributed by atoms with E-state index in [9.17, 15) is 12.9 Å². The van der Waals surface area contributed by atoms with Crippen LogP contribution in [0.5, 0.6) is 5.75 Å². The van der Waals surface area contributed by atoms with E-state index >= 15 is 0 Å². The van der Waals surface area contributed by atoms with Gasteiger partial charge in [0.2, 0.25) is 0 Å². The number of aryl methyl sites for hydroxylation is 2. The molecule has 0 radical (unpaired) electrons. The van der Waals surface area contributed by atoms with Crippen LogP contribution in [0.4, 0.5) is 12.9 Å². The van der Waals surface area contributed by atoms with E-state index in [-0.39, 0.29) is 5.56 Å². The van der Waals surface area contributed by atoms with Crippen LogP contribution in [-0.2, 0) is 13.5 Å². The Morgan fingerprint density at radius 2 is 2.05 bits per heavy atom. The quantitative estimate of drug-likeness (QED) is 0.788. The fraction of sp³-hybridized carbons (Fsp3) is 0.308. The zero-order valence-corrected chi connectivity index (χ0v) is 11.3. The first-order valence-electron chi connectivity index (χ1n) is 6.27. The predicted octanol–water partition coefficient (Wildman–Crippen LogP) is 2.40. The van der Waals surface area contributed by atoms with Crippen LogP contribution in [-0.4, -0.2) is 23.4 Å². The van der Waals surface area contributed by atoms with Crippen molar-refractivity contribution < 1.29 is 17.7 Å². The van der Waals surface area contributed by atoms with E-state index in [0.717, 1.165) is 11.6 Å². The summed E-state index contributed by atoms with van der Waals surface area (Å²) in [6, 6.07) is 3.86. The molecule has 0 saturated heterocycles. The summed E-state index contributed by atoms with van der Waals surface area (Å²) in [5.74, 6) is 0.454. The third-order valence-corrected chi connectivity index (χ3v) is 3.01. The molecule has 0 aliphatic heterocycles. The van der Waals surface area contributed by atoms with Crippen molar-refractivity contribution in [2.75, 3.05) is 6.61 Å². The van der Waals surface area contributed by atoms with Crippen LogP contribution < -0.4 is 10.2 Å². The normalized spacial score (nSPS) is 11.7. The van der Waals surface area contributed by atoms with Gasteiger partial charge in [0.25, 0.3) is 0 Å². The van der Waals surface area contributed by atoms with Gasteiger partial charge in [0.1, 0.15) is 5.75 Å². The molecule has 1 aromatic carbocycles. The molecule has 3 nitrogen and oxygen atoms in total. The zero-order valence-electron chi connectivity index (χ0n) is 11.3. The molecule has 0 spiro atoms. The van der Waals surface area contributed by atoms with Gasteiger partial charge in [-0.2, -0.15) is 5.10 Å². The highest BCUT2D eigenvalue weighted by atomic mass is 19.4. The Kier molecular flexibility index (Phi) is 4.06. The lowest BCUT2D eigenvalue weighted by Gasteiger charge is -2.18. The number of hydrogen-bond acceptors (Lipinski definition) is 2. The van der Waals surface area contributed by atoms with Gasteiger partial charge in [0, 0.05) is 19.7 Å². The van der Waals surface area contributed by atoms with E-state index in [1.54, 1.807) is 10.9 Å². The van der Waals surface area contributed by atoms with Crippen LogP contribution in [0.1, 0.15) is 11.1 Å². The lowest BCUT2D eigenvalue weighted by Crippen LogP contribution is -2.35. The third-order valence-electron chi connectivity index (χ3n) is 3.01. The molecule has 0 N–H and O–H groups in total. The fourth-order valence-corrected chi connectivity index (χ4v) is 1.99. The smallest absolute Gasteiger partial charge is 0.493 e. The number of rotatable bonds is 5. The first-order valence-corrected chi connectivity index (χ1v) is 6.27. The molecule has 20 heavy (non-hydrogen) atoms. The lowest BCUT2D eigenvalue weighted by atomic mass is 9.77. The van der Waals surface area contributed by atoms with Crippen molar-refractivity contribution in [2.45, 2.75) is 13.3 Å². The minimum atomic E-state index is -4.96. The van der Waals surface area contributed by atoms with Crippen molar-refractivity contribution >= 4 is 12.4 Å². The number of hydrogen-bond donors (Lipinski definition) is 0. The van der Waals surface area contributed by atoms with E-state index in [0.29, 0.717) is 18.8 Å². The van der Waals surface area contributed by atoms with Crippen LogP contribution >= 0.6 is 0 Å². The number of benzene rings is 1. The molecule has 0 aliphatic carbocycles. The van der Waals surface area contributed by atoms with E-state index in [1.807, 2.05) is 13.2 Å². The number of halogens is 3. The second-order valence-electron chi connectivity index (χ2n) is 4.71. The lowest BCUT2D eigenvalue weighted by molar-refractivity contribution is 0.322. The molecule has 1 aromatic heterocycles. The Morgan fingerprint density at radius 1 is 1.30 bits per heavy atom. The summed E-state index contributed by atoms with van der Waals surface area (Å²) in [4.78, 5) is 0. The Morgan fingerprint density at radius 3 is 2.60 bits per heavy atom. The second kappa shape index (κ2) is 5.60. The van der Waals surface area contributed by atoms with Gasteiger partial charge in [0.05, 0.1) is 12.8 Å². The molecule has 0 unspecified atom stereocenters. The fourth-order valence-electron chi connectivity index (χ4n) is 1.99. The van der Waals surface area contributed by atoms with E-state index in [2.05, 4.69) is 5.10 Å². The van der Waals surface area contributed by atoms with Gasteiger partial charge in [-0.05, 0) is 24.6 Å². The molecule has 2 aromatic rings. The van der Waals surface area contributed by atoms with Gasteiger partial charge in [-0.3, -0.25) is 4.68 Å². The standard InChI is InChI=1S/C13H15BF3N2O/c1-10-7-12(3-4-13(10)14(15,16)17)20-6-5-11-8-18-19(2)9-11/h3-4,7-9H,5-6H2,1-2H3/q-1. The highest BCUT2D eigenvalue weighted by Gasteiger charge is 2.27. The number of aromatic nitrogens is 2. The van der Waals surface area contributed by atoms with Crippen molar-refractivity contribution in [3.8, 4) is 5.75 Å². The highest BCUT2D eigenvalue weighted by Crippen LogP contribution is 2.17. The molecule has 0 saturated carbocycles. The minimum absolute atomic E-state index is 0.191. The Balaban J connectivity index is 1.95. The Bertz CT molecular complexity index is 596. The third kappa shape index (κ3) is 3.56. The van der Waals surface area contributed by atoms with Crippen molar-refractivity contribution in [3.63, 3.8) is 0 Å². The zero-order chi connectivity index (χ0) is 14.8. The molecule has 0 fully saturated rings. The van der Waals surface area contributed by atoms with Crippen molar-refractivity contribution in [2.24, 2.45) is 7.05 Å². The summed E-state index contributed by atoms with van der Waals surface area (Å²) in [5, 5.41) is 4.03. The van der Waals surface area contributed by atoms with Gasteiger partial charge in [-0.25, -0.2) is 0 Å². The molecule has 0 atom stereocenters. The molecule has 0 aliphatic rings. The summed E-state index contributed by atoms with van der Waals surface area (Å²) in [5.41, 5.74) is 0.653. The van der Waals surface area contributed by atoms with Gasteiger partial charge in [0.15, 0.2) is 0 Å². The first kappa shape index (κ1) is 14.5. The Hall–Kier alpha value is -1.92. The van der Waals surface area contributed by atoms with Gasteiger partial charge in [-0.1, -0.05) is 11.6 Å². The monoisotopic (exact) mass is 283 g/mol. The highest BCUT2D eigenvalue weighted by molar-refractivity contribution is 6.74.